The number of aromatic hydroxyl groups is 1. The summed E-state index contributed by atoms with van der Waals surface area (Å²) in [6, 6.07) is 6.84. The van der Waals surface area contributed by atoms with Gasteiger partial charge in [-0.2, -0.15) is 5.10 Å². The van der Waals surface area contributed by atoms with Crippen LogP contribution in [0, 0.1) is 6.92 Å². The van der Waals surface area contributed by atoms with Gasteiger partial charge in [-0.1, -0.05) is 0 Å². The second-order valence-electron chi connectivity index (χ2n) is 4.28. The summed E-state index contributed by atoms with van der Waals surface area (Å²) < 4.78 is 4.46. The molecule has 0 unspecified atom stereocenters. The molecule has 110 valence electrons. The highest BCUT2D eigenvalue weighted by molar-refractivity contribution is 7.17. The summed E-state index contributed by atoms with van der Waals surface area (Å²) in [5, 5.41) is 14.1. The van der Waals surface area contributed by atoms with Gasteiger partial charge in [0.25, 0.3) is 0 Å². The standard InChI is InChI=1S/C14H15N3O3S/c1-8-12(9(2)16-17-14(19)20-3)21-13(15-8)10-4-6-11(18)7-5-10/h4-7,18H,1-3H3,(H,17,19)/b16-9+. The van der Waals surface area contributed by atoms with Crippen molar-refractivity contribution in [3.05, 3.63) is 34.8 Å². The van der Waals surface area contributed by atoms with Crippen LogP contribution < -0.4 is 5.43 Å². The molecule has 0 bridgehead atoms. The van der Waals surface area contributed by atoms with E-state index in [4.69, 9.17) is 0 Å². The number of hydrazone groups is 1. The monoisotopic (exact) mass is 305 g/mol. The summed E-state index contributed by atoms with van der Waals surface area (Å²) in [5.74, 6) is 0.215. The lowest BCUT2D eigenvalue weighted by atomic mass is 10.2. The number of hydrogen-bond donors (Lipinski definition) is 2. The third kappa shape index (κ3) is 3.57. The van der Waals surface area contributed by atoms with E-state index in [1.54, 1.807) is 31.2 Å². The number of nitrogens with zero attached hydrogens (tertiary/aromatic N) is 2. The first-order valence-corrected chi connectivity index (χ1v) is 6.98. The molecule has 0 aliphatic heterocycles. The van der Waals surface area contributed by atoms with Crippen LogP contribution in [0.4, 0.5) is 4.79 Å². The molecule has 2 aromatic rings. The van der Waals surface area contributed by atoms with E-state index in [9.17, 15) is 9.90 Å². The molecule has 1 heterocycles. The van der Waals surface area contributed by atoms with E-state index in [0.29, 0.717) is 5.71 Å². The zero-order valence-electron chi connectivity index (χ0n) is 11.9. The smallest absolute Gasteiger partial charge is 0.427 e. The van der Waals surface area contributed by atoms with E-state index in [2.05, 4.69) is 20.2 Å². The van der Waals surface area contributed by atoms with Gasteiger partial charge in [0.2, 0.25) is 0 Å². The van der Waals surface area contributed by atoms with E-state index in [1.807, 2.05) is 6.92 Å². The van der Waals surface area contributed by atoms with E-state index in [1.165, 1.54) is 18.4 Å². The molecule has 0 fully saturated rings. The summed E-state index contributed by atoms with van der Waals surface area (Å²) in [5.41, 5.74) is 4.69. The molecule has 0 aliphatic rings. The largest absolute Gasteiger partial charge is 0.508 e. The van der Waals surface area contributed by atoms with Gasteiger partial charge in [0.15, 0.2) is 0 Å². The zero-order valence-corrected chi connectivity index (χ0v) is 12.7. The van der Waals surface area contributed by atoms with Gasteiger partial charge in [0.05, 0.1) is 23.4 Å². The number of ether oxygens (including phenoxy) is 1. The van der Waals surface area contributed by atoms with Crippen molar-refractivity contribution in [2.24, 2.45) is 5.10 Å². The number of phenolic OH excluding ortho intramolecular Hbond substituents is 1. The minimum absolute atomic E-state index is 0.215. The maximum Gasteiger partial charge on any atom is 0.427 e. The van der Waals surface area contributed by atoms with Crippen LogP contribution in [0.1, 0.15) is 17.5 Å². The molecule has 0 aliphatic carbocycles. The fourth-order valence-corrected chi connectivity index (χ4v) is 2.70. The predicted molar refractivity (Wildman–Crippen MR) is 81.7 cm³/mol. The Balaban J connectivity index is 2.26. The van der Waals surface area contributed by atoms with Crippen molar-refractivity contribution < 1.29 is 14.6 Å². The molecule has 2 N–H and O–H groups in total. The van der Waals surface area contributed by atoms with E-state index < -0.39 is 6.09 Å². The summed E-state index contributed by atoms with van der Waals surface area (Å²) in [6.45, 7) is 3.67. The number of carbonyl (C=O) groups excluding carboxylic acids is 1. The quantitative estimate of drug-likeness (QED) is 0.674. The SMILES string of the molecule is COC(=O)N/N=C(\C)c1sc(-c2ccc(O)cc2)nc1C. The number of nitrogens with one attached hydrogen (secondary N) is 1. The number of carbonyl (C=O) groups is 1. The van der Waals surface area contributed by atoms with E-state index in [-0.39, 0.29) is 5.75 Å². The van der Waals surface area contributed by atoms with Crippen LogP contribution in [0.15, 0.2) is 29.4 Å². The lowest BCUT2D eigenvalue weighted by Gasteiger charge is -1.99. The number of aryl methyl sites for hydroxylation is 1. The Bertz CT molecular complexity index is 677. The third-order valence-corrected chi connectivity index (χ3v) is 4.06. The summed E-state index contributed by atoms with van der Waals surface area (Å²) >= 11 is 1.47. The van der Waals surface area contributed by atoms with Gasteiger partial charge in [0, 0.05) is 5.56 Å². The average molecular weight is 305 g/mol. The van der Waals surface area contributed by atoms with Gasteiger partial charge in [-0.25, -0.2) is 15.2 Å². The molecule has 0 radical (unpaired) electrons. The summed E-state index contributed by atoms with van der Waals surface area (Å²) in [4.78, 5) is 16.4. The molecule has 7 heteroatoms. The van der Waals surface area contributed by atoms with E-state index in [0.717, 1.165) is 21.1 Å². The minimum atomic E-state index is -0.615. The molecule has 0 saturated carbocycles. The highest BCUT2D eigenvalue weighted by Gasteiger charge is 2.12. The van der Waals surface area contributed by atoms with Crippen LogP contribution in [0.5, 0.6) is 5.75 Å². The van der Waals surface area contributed by atoms with Gasteiger partial charge < -0.3 is 9.84 Å². The predicted octanol–water partition coefficient (Wildman–Crippen LogP) is 2.90. The van der Waals surface area contributed by atoms with Gasteiger partial charge in [-0.15, -0.1) is 11.3 Å². The molecule has 0 spiro atoms. The van der Waals surface area contributed by atoms with Crippen molar-refractivity contribution in [1.82, 2.24) is 10.4 Å². The Morgan fingerprint density at radius 2 is 2.05 bits per heavy atom. The van der Waals surface area contributed by atoms with Crippen LogP contribution in [-0.4, -0.2) is 29.0 Å². The topological polar surface area (TPSA) is 83.8 Å². The number of hydrogen-bond acceptors (Lipinski definition) is 6. The Hall–Kier alpha value is -2.41. The molecular weight excluding hydrogens is 290 g/mol. The van der Waals surface area contributed by atoms with Gasteiger partial charge in [-0.3, -0.25) is 0 Å². The zero-order chi connectivity index (χ0) is 15.4. The molecule has 1 aromatic heterocycles. The van der Waals surface area contributed by atoms with E-state index >= 15 is 0 Å². The summed E-state index contributed by atoms with van der Waals surface area (Å²) in [7, 11) is 1.28. The fourth-order valence-electron chi connectivity index (χ4n) is 1.69. The van der Waals surface area contributed by atoms with Crippen molar-refractivity contribution in [1.29, 1.82) is 0 Å². The van der Waals surface area contributed by atoms with Crippen LogP contribution in [0.2, 0.25) is 0 Å². The molecule has 6 nitrogen and oxygen atoms in total. The average Bonchev–Trinajstić information content (AvgIpc) is 2.87. The lowest BCUT2D eigenvalue weighted by molar-refractivity contribution is 0.171. The number of amides is 1. The van der Waals surface area contributed by atoms with Crippen LogP contribution in [-0.2, 0) is 4.74 Å². The lowest BCUT2D eigenvalue weighted by Crippen LogP contribution is -2.18. The number of benzene rings is 1. The number of thiazole rings is 1. The van der Waals surface area contributed by atoms with Crippen LogP contribution >= 0.6 is 11.3 Å². The molecule has 0 atom stereocenters. The number of phenols is 1. The first-order chi connectivity index (χ1) is 10.0. The van der Waals surface area contributed by atoms with Crippen molar-refractivity contribution in [2.45, 2.75) is 13.8 Å². The number of methoxy groups -OCH3 is 1. The fraction of sp³-hybridized carbons (Fsp3) is 0.214. The second-order valence-corrected chi connectivity index (χ2v) is 5.28. The third-order valence-electron chi connectivity index (χ3n) is 2.74. The Labute approximate surface area is 126 Å². The highest BCUT2D eigenvalue weighted by atomic mass is 32.1. The molecule has 2 rings (SSSR count). The maximum absolute atomic E-state index is 11.0. The van der Waals surface area contributed by atoms with Gasteiger partial charge in [0.1, 0.15) is 10.8 Å². The Morgan fingerprint density at radius 3 is 2.67 bits per heavy atom. The maximum atomic E-state index is 11.0. The first-order valence-electron chi connectivity index (χ1n) is 6.16. The van der Waals surface area contributed by atoms with Gasteiger partial charge in [-0.05, 0) is 38.1 Å². The molecule has 21 heavy (non-hydrogen) atoms. The van der Waals surface area contributed by atoms with Gasteiger partial charge >= 0.3 is 6.09 Å². The van der Waals surface area contributed by atoms with Crippen molar-refractivity contribution in [2.75, 3.05) is 7.11 Å². The molecular formula is C14H15N3O3S. The number of rotatable bonds is 3. The molecule has 1 aromatic carbocycles. The normalized spacial score (nSPS) is 11.3. The Kier molecular flexibility index (Phi) is 4.54. The molecule has 1 amide bonds. The molecule has 0 saturated heterocycles. The van der Waals surface area contributed by atoms with Crippen LogP contribution in [0.25, 0.3) is 10.6 Å². The van der Waals surface area contributed by atoms with Crippen molar-refractivity contribution >= 4 is 23.1 Å². The van der Waals surface area contributed by atoms with Crippen molar-refractivity contribution in [3.63, 3.8) is 0 Å². The van der Waals surface area contributed by atoms with Crippen LogP contribution in [0.3, 0.4) is 0 Å². The Morgan fingerprint density at radius 1 is 1.38 bits per heavy atom. The highest BCUT2D eigenvalue weighted by Crippen LogP contribution is 2.29. The minimum Gasteiger partial charge on any atom is -0.508 e. The van der Waals surface area contributed by atoms with Crippen molar-refractivity contribution in [3.8, 4) is 16.3 Å². The first kappa shape index (κ1) is 15.0. The summed E-state index contributed by atoms with van der Waals surface area (Å²) in [6.07, 6.45) is -0.615. The second kappa shape index (κ2) is 6.36. The number of aromatic nitrogens is 1.